The molecule has 0 aromatic heterocycles. The monoisotopic (exact) mass is 102 g/mol. The fraction of sp³-hybridized carbons (Fsp3) is 0.600. The van der Waals surface area contributed by atoms with Crippen LogP contribution in [0.3, 0.4) is 0 Å². The maximum Gasteiger partial charge on any atom is 0.0974 e. The molecule has 2 nitrogen and oxygen atoms in total. The molecule has 42 valence electrons. The summed E-state index contributed by atoms with van der Waals surface area (Å²) in [6.45, 7) is 4.78. The first-order valence-corrected chi connectivity index (χ1v) is 2.17. The highest BCUT2D eigenvalue weighted by Gasteiger charge is 2.02. The number of rotatable bonds is 2. The van der Waals surface area contributed by atoms with E-state index < -0.39 is 12.2 Å². The van der Waals surface area contributed by atoms with Crippen LogP contribution in [-0.2, 0) is 0 Å². The topological polar surface area (TPSA) is 40.5 Å². The number of hydrogen-bond donors (Lipinski definition) is 2. The Kier molecular flexibility index (Phi) is 2.64. The standard InChI is InChI=1S/C5H10O2/c1-3-5(7)4(2)6/h3-7H,1H2,2H3. The molecule has 0 saturated carbocycles. The molecule has 0 spiro atoms. The van der Waals surface area contributed by atoms with Gasteiger partial charge in [0.2, 0.25) is 0 Å². The van der Waals surface area contributed by atoms with Crippen LogP contribution in [0.25, 0.3) is 0 Å². The molecule has 2 unspecified atom stereocenters. The lowest BCUT2D eigenvalue weighted by atomic mass is 10.2. The Morgan fingerprint density at radius 2 is 2.00 bits per heavy atom. The van der Waals surface area contributed by atoms with Crippen molar-refractivity contribution in [3.63, 3.8) is 0 Å². The van der Waals surface area contributed by atoms with Crippen molar-refractivity contribution in [1.82, 2.24) is 0 Å². The molecular weight excluding hydrogens is 92.1 g/mol. The Morgan fingerprint density at radius 1 is 1.57 bits per heavy atom. The molecule has 7 heavy (non-hydrogen) atoms. The second-order valence-electron chi connectivity index (χ2n) is 1.47. The molecule has 0 saturated heterocycles. The van der Waals surface area contributed by atoms with Gasteiger partial charge in [0.1, 0.15) is 0 Å². The summed E-state index contributed by atoms with van der Waals surface area (Å²) in [5, 5.41) is 17.1. The largest absolute Gasteiger partial charge is 0.390 e. The molecule has 2 atom stereocenters. The molecule has 0 radical (unpaired) electrons. The highest BCUT2D eigenvalue weighted by molar-refractivity contribution is 4.81. The smallest absolute Gasteiger partial charge is 0.0974 e. The first-order valence-electron chi connectivity index (χ1n) is 2.17. The lowest BCUT2D eigenvalue weighted by molar-refractivity contribution is 0.0621. The van der Waals surface area contributed by atoms with Crippen molar-refractivity contribution in [3.05, 3.63) is 12.7 Å². The van der Waals surface area contributed by atoms with Crippen LogP contribution in [0.1, 0.15) is 6.92 Å². The van der Waals surface area contributed by atoms with E-state index in [0.717, 1.165) is 0 Å². The van der Waals surface area contributed by atoms with Gasteiger partial charge in [0.05, 0.1) is 12.2 Å². The second-order valence-corrected chi connectivity index (χ2v) is 1.47. The lowest BCUT2D eigenvalue weighted by Gasteiger charge is -2.05. The molecule has 0 aromatic rings. The minimum Gasteiger partial charge on any atom is -0.390 e. The molecule has 0 rings (SSSR count). The van der Waals surface area contributed by atoms with Crippen LogP contribution in [0, 0.1) is 0 Å². The van der Waals surface area contributed by atoms with Crippen molar-refractivity contribution in [3.8, 4) is 0 Å². The molecule has 2 N–H and O–H groups in total. The van der Waals surface area contributed by atoms with Crippen molar-refractivity contribution in [2.45, 2.75) is 19.1 Å². The molecular formula is C5H10O2. The molecule has 0 aliphatic rings. The van der Waals surface area contributed by atoms with E-state index in [0.29, 0.717) is 0 Å². The molecule has 0 heterocycles. The van der Waals surface area contributed by atoms with Gasteiger partial charge < -0.3 is 10.2 Å². The Bertz CT molecular complexity index is 59.1. The highest BCUT2D eigenvalue weighted by atomic mass is 16.3. The number of aliphatic hydroxyl groups is 2. The van der Waals surface area contributed by atoms with Gasteiger partial charge >= 0.3 is 0 Å². The van der Waals surface area contributed by atoms with Crippen molar-refractivity contribution in [2.24, 2.45) is 0 Å². The average molecular weight is 102 g/mol. The Labute approximate surface area is 43.1 Å². The van der Waals surface area contributed by atoms with Crippen molar-refractivity contribution < 1.29 is 10.2 Å². The van der Waals surface area contributed by atoms with Gasteiger partial charge in [0.25, 0.3) is 0 Å². The molecule has 2 heteroatoms. The second kappa shape index (κ2) is 2.77. The van der Waals surface area contributed by atoms with Crippen LogP contribution in [0.4, 0.5) is 0 Å². The minimum atomic E-state index is -0.778. The third-order valence-electron chi connectivity index (χ3n) is 0.736. The molecule has 0 amide bonds. The molecule has 0 bridgehead atoms. The predicted molar refractivity (Wildman–Crippen MR) is 27.9 cm³/mol. The van der Waals surface area contributed by atoms with Gasteiger partial charge in [0, 0.05) is 0 Å². The van der Waals surface area contributed by atoms with Crippen molar-refractivity contribution in [1.29, 1.82) is 0 Å². The van der Waals surface area contributed by atoms with Crippen LogP contribution >= 0.6 is 0 Å². The third-order valence-corrected chi connectivity index (χ3v) is 0.736. The summed E-state index contributed by atoms with van der Waals surface area (Å²) < 4.78 is 0. The summed E-state index contributed by atoms with van der Waals surface area (Å²) in [6, 6.07) is 0. The van der Waals surface area contributed by atoms with Crippen molar-refractivity contribution >= 4 is 0 Å². The van der Waals surface area contributed by atoms with Gasteiger partial charge in [-0.3, -0.25) is 0 Å². The Balaban J connectivity index is 3.33. The first kappa shape index (κ1) is 6.66. The SMILES string of the molecule is C=CC(O)C(C)O. The van der Waals surface area contributed by atoms with E-state index in [1.165, 1.54) is 13.0 Å². The van der Waals surface area contributed by atoms with Crippen LogP contribution < -0.4 is 0 Å². The summed E-state index contributed by atoms with van der Waals surface area (Å²) in [7, 11) is 0. The lowest BCUT2D eigenvalue weighted by Crippen LogP contribution is -2.18. The third kappa shape index (κ3) is 2.37. The molecule has 0 fully saturated rings. The van der Waals surface area contributed by atoms with E-state index >= 15 is 0 Å². The van der Waals surface area contributed by atoms with Crippen LogP contribution in [0.5, 0.6) is 0 Å². The zero-order chi connectivity index (χ0) is 5.86. The molecule has 0 aliphatic carbocycles. The Hall–Kier alpha value is -0.340. The summed E-state index contributed by atoms with van der Waals surface area (Å²) in [4.78, 5) is 0. The first-order chi connectivity index (χ1) is 3.18. The van der Waals surface area contributed by atoms with E-state index in [4.69, 9.17) is 10.2 Å². The highest BCUT2D eigenvalue weighted by Crippen LogP contribution is 1.89. The van der Waals surface area contributed by atoms with Crippen molar-refractivity contribution in [2.75, 3.05) is 0 Å². The quantitative estimate of drug-likeness (QED) is 0.478. The van der Waals surface area contributed by atoms with Gasteiger partial charge in [-0.15, -0.1) is 6.58 Å². The van der Waals surface area contributed by atoms with E-state index in [9.17, 15) is 0 Å². The Morgan fingerprint density at radius 3 is 2.00 bits per heavy atom. The van der Waals surface area contributed by atoms with Gasteiger partial charge in [-0.2, -0.15) is 0 Å². The number of aliphatic hydroxyl groups excluding tert-OH is 2. The van der Waals surface area contributed by atoms with E-state index in [-0.39, 0.29) is 0 Å². The van der Waals surface area contributed by atoms with Crippen LogP contribution in [-0.4, -0.2) is 22.4 Å². The minimum absolute atomic E-state index is 0.697. The van der Waals surface area contributed by atoms with Crippen LogP contribution in [0.15, 0.2) is 12.7 Å². The predicted octanol–water partition coefficient (Wildman–Crippen LogP) is -0.0859. The average Bonchev–Trinajstić information content (AvgIpc) is 1.65. The van der Waals surface area contributed by atoms with E-state index in [2.05, 4.69) is 6.58 Å². The van der Waals surface area contributed by atoms with E-state index in [1.807, 2.05) is 0 Å². The zero-order valence-electron chi connectivity index (χ0n) is 4.33. The van der Waals surface area contributed by atoms with Gasteiger partial charge in [-0.25, -0.2) is 0 Å². The summed E-state index contributed by atoms with van der Waals surface area (Å²) >= 11 is 0. The maximum absolute atomic E-state index is 8.57. The fourth-order valence-electron chi connectivity index (χ4n) is 0.197. The van der Waals surface area contributed by atoms with Crippen LogP contribution in [0.2, 0.25) is 0 Å². The molecule has 0 aliphatic heterocycles. The maximum atomic E-state index is 8.57. The fourth-order valence-corrected chi connectivity index (χ4v) is 0.197. The number of hydrogen-bond acceptors (Lipinski definition) is 2. The summed E-state index contributed by atoms with van der Waals surface area (Å²) in [5.41, 5.74) is 0. The van der Waals surface area contributed by atoms with E-state index in [1.54, 1.807) is 0 Å². The normalized spacial score (nSPS) is 18.1. The zero-order valence-corrected chi connectivity index (χ0v) is 4.33. The summed E-state index contributed by atoms with van der Waals surface area (Å²) in [5.74, 6) is 0. The van der Waals surface area contributed by atoms with Gasteiger partial charge in [0.15, 0.2) is 0 Å². The van der Waals surface area contributed by atoms with Gasteiger partial charge in [-0.05, 0) is 6.92 Å². The summed E-state index contributed by atoms with van der Waals surface area (Å²) in [6.07, 6.45) is -0.178. The van der Waals surface area contributed by atoms with Gasteiger partial charge in [-0.1, -0.05) is 6.08 Å². The molecule has 0 aromatic carbocycles.